The smallest absolute Gasteiger partial charge is 0.417 e. The first-order chi connectivity index (χ1) is 9.21. The molecule has 1 rings (SSSR count). The van der Waals surface area contributed by atoms with Crippen LogP contribution in [0.15, 0.2) is 0 Å². The van der Waals surface area contributed by atoms with Gasteiger partial charge in [0.1, 0.15) is 11.5 Å². The van der Waals surface area contributed by atoms with Gasteiger partial charge >= 0.3 is 12.1 Å². The van der Waals surface area contributed by atoms with Crippen LogP contribution in [0.4, 0.5) is 4.79 Å². The Balaban J connectivity index is 2.85. The summed E-state index contributed by atoms with van der Waals surface area (Å²) in [5, 5.41) is 0. The van der Waals surface area contributed by atoms with E-state index in [0.717, 1.165) is 4.90 Å². The van der Waals surface area contributed by atoms with Gasteiger partial charge in [0, 0.05) is 6.54 Å². The molecule has 1 heterocycles. The summed E-state index contributed by atoms with van der Waals surface area (Å²) in [5.74, 6) is -2.19. The van der Waals surface area contributed by atoms with Crippen LogP contribution in [0, 0.1) is 11.8 Å². The highest BCUT2D eigenvalue weighted by atomic mass is 16.6. The quantitative estimate of drug-likeness (QED) is 0.585. The van der Waals surface area contributed by atoms with Crippen molar-refractivity contribution in [2.75, 3.05) is 13.2 Å². The van der Waals surface area contributed by atoms with E-state index in [-0.39, 0.29) is 19.1 Å². The third-order valence-corrected chi connectivity index (χ3v) is 3.10. The molecule has 0 spiro atoms. The Labute approximate surface area is 119 Å². The molecule has 114 valence electrons. The number of amides is 2. The average molecular weight is 285 g/mol. The number of likely N-dealkylation sites (tertiary alicyclic amines) is 1. The first kappa shape index (κ1) is 16.5. The van der Waals surface area contributed by atoms with Gasteiger partial charge in [-0.3, -0.25) is 9.59 Å². The zero-order valence-electron chi connectivity index (χ0n) is 12.8. The lowest BCUT2D eigenvalue weighted by Crippen LogP contribution is -2.39. The number of carbonyl (C=O) groups excluding carboxylic acids is 3. The number of hydrogen-bond donors (Lipinski definition) is 0. The number of rotatable bonds is 3. The van der Waals surface area contributed by atoms with E-state index in [0.29, 0.717) is 6.42 Å². The van der Waals surface area contributed by atoms with Gasteiger partial charge in [0.2, 0.25) is 5.91 Å². The van der Waals surface area contributed by atoms with Crippen molar-refractivity contribution in [3.05, 3.63) is 0 Å². The first-order valence-electron chi connectivity index (χ1n) is 6.92. The molecular weight excluding hydrogens is 262 g/mol. The zero-order chi connectivity index (χ0) is 15.5. The predicted molar refractivity (Wildman–Crippen MR) is 71.9 cm³/mol. The SMILES string of the molecule is CCOC(=O)C1C(=O)N(C(=O)OC(C)(C)C)CC1CC. The van der Waals surface area contributed by atoms with Crippen molar-refractivity contribution in [3.8, 4) is 0 Å². The van der Waals surface area contributed by atoms with Crippen molar-refractivity contribution in [3.63, 3.8) is 0 Å². The van der Waals surface area contributed by atoms with Crippen LogP contribution in [-0.4, -0.2) is 41.6 Å². The molecular formula is C14H23NO5. The first-order valence-corrected chi connectivity index (χ1v) is 6.92. The van der Waals surface area contributed by atoms with Crippen molar-refractivity contribution in [2.24, 2.45) is 11.8 Å². The maximum Gasteiger partial charge on any atom is 0.417 e. The van der Waals surface area contributed by atoms with Crippen molar-refractivity contribution in [1.82, 2.24) is 4.90 Å². The van der Waals surface area contributed by atoms with Crippen LogP contribution in [0.3, 0.4) is 0 Å². The summed E-state index contributed by atoms with van der Waals surface area (Å²) in [6.07, 6.45) is -0.0816. The Morgan fingerprint density at radius 3 is 2.35 bits per heavy atom. The molecule has 0 radical (unpaired) electrons. The van der Waals surface area contributed by atoms with Gasteiger partial charge in [-0.25, -0.2) is 9.69 Å². The number of hydrogen-bond acceptors (Lipinski definition) is 5. The van der Waals surface area contributed by atoms with E-state index in [1.807, 2.05) is 6.92 Å². The minimum atomic E-state index is -0.896. The molecule has 0 aromatic heterocycles. The molecule has 6 nitrogen and oxygen atoms in total. The second-order valence-corrected chi connectivity index (χ2v) is 5.83. The third kappa shape index (κ3) is 3.71. The third-order valence-electron chi connectivity index (χ3n) is 3.10. The summed E-state index contributed by atoms with van der Waals surface area (Å²) < 4.78 is 10.1. The molecule has 0 aromatic carbocycles. The fourth-order valence-corrected chi connectivity index (χ4v) is 2.17. The largest absolute Gasteiger partial charge is 0.465 e. The van der Waals surface area contributed by atoms with Gasteiger partial charge < -0.3 is 9.47 Å². The average Bonchev–Trinajstić information content (AvgIpc) is 2.64. The summed E-state index contributed by atoms with van der Waals surface area (Å²) in [5.41, 5.74) is -0.679. The highest BCUT2D eigenvalue weighted by Crippen LogP contribution is 2.29. The molecule has 6 heteroatoms. The Morgan fingerprint density at radius 1 is 1.30 bits per heavy atom. The standard InChI is InChI=1S/C14H23NO5/c1-6-9-8-15(13(18)20-14(3,4)5)11(16)10(9)12(17)19-7-2/h9-10H,6-8H2,1-5H3. The molecule has 1 saturated heterocycles. The van der Waals surface area contributed by atoms with Gasteiger partial charge in [-0.2, -0.15) is 0 Å². The fourth-order valence-electron chi connectivity index (χ4n) is 2.17. The molecule has 1 aliphatic rings. The molecule has 2 unspecified atom stereocenters. The number of nitrogens with zero attached hydrogens (tertiary/aromatic N) is 1. The molecule has 1 fully saturated rings. The molecule has 2 amide bonds. The van der Waals surface area contributed by atoms with Gasteiger partial charge in [-0.15, -0.1) is 0 Å². The predicted octanol–water partition coefficient (Wildman–Crippen LogP) is 1.97. The Morgan fingerprint density at radius 2 is 1.90 bits per heavy atom. The Kier molecular flexibility index (Phi) is 5.14. The summed E-state index contributed by atoms with van der Waals surface area (Å²) in [6, 6.07) is 0. The van der Waals surface area contributed by atoms with Crippen molar-refractivity contribution < 1.29 is 23.9 Å². The molecule has 20 heavy (non-hydrogen) atoms. The van der Waals surface area contributed by atoms with Gasteiger partial charge in [0.15, 0.2) is 0 Å². The van der Waals surface area contributed by atoms with E-state index < -0.39 is 29.5 Å². The van der Waals surface area contributed by atoms with E-state index in [4.69, 9.17) is 9.47 Å². The maximum absolute atomic E-state index is 12.2. The fraction of sp³-hybridized carbons (Fsp3) is 0.786. The van der Waals surface area contributed by atoms with E-state index in [9.17, 15) is 14.4 Å². The van der Waals surface area contributed by atoms with E-state index in [1.54, 1.807) is 27.7 Å². The molecule has 1 aliphatic heterocycles. The summed E-state index contributed by atoms with van der Waals surface area (Å²) in [4.78, 5) is 37.1. The molecule has 0 bridgehead atoms. The minimum Gasteiger partial charge on any atom is -0.465 e. The monoisotopic (exact) mass is 285 g/mol. The number of ether oxygens (including phenoxy) is 2. The van der Waals surface area contributed by atoms with E-state index in [1.165, 1.54) is 0 Å². The van der Waals surface area contributed by atoms with Crippen LogP contribution in [0.5, 0.6) is 0 Å². The Hall–Kier alpha value is -1.59. The van der Waals surface area contributed by atoms with Crippen molar-refractivity contribution >= 4 is 18.0 Å². The van der Waals surface area contributed by atoms with Crippen LogP contribution in [0.25, 0.3) is 0 Å². The summed E-state index contributed by atoms with van der Waals surface area (Å²) in [6.45, 7) is 9.16. The second-order valence-electron chi connectivity index (χ2n) is 5.83. The van der Waals surface area contributed by atoms with Gasteiger partial charge in [-0.1, -0.05) is 13.3 Å². The number of imide groups is 1. The Bertz CT molecular complexity index is 399. The van der Waals surface area contributed by atoms with Crippen molar-refractivity contribution in [2.45, 2.75) is 46.6 Å². The van der Waals surface area contributed by atoms with Crippen LogP contribution in [0.2, 0.25) is 0 Å². The lowest BCUT2D eigenvalue weighted by Gasteiger charge is -2.23. The normalized spacial score (nSPS) is 22.9. The topological polar surface area (TPSA) is 72.9 Å². The highest BCUT2D eigenvalue weighted by molar-refractivity contribution is 6.05. The zero-order valence-corrected chi connectivity index (χ0v) is 12.8. The number of carbonyl (C=O) groups is 3. The summed E-state index contributed by atoms with van der Waals surface area (Å²) >= 11 is 0. The van der Waals surface area contributed by atoms with Gasteiger partial charge in [0.05, 0.1) is 6.61 Å². The van der Waals surface area contributed by atoms with Crippen LogP contribution < -0.4 is 0 Å². The van der Waals surface area contributed by atoms with Crippen LogP contribution in [0.1, 0.15) is 41.0 Å². The van der Waals surface area contributed by atoms with Crippen molar-refractivity contribution in [1.29, 1.82) is 0 Å². The molecule has 0 saturated carbocycles. The number of esters is 1. The van der Waals surface area contributed by atoms with Gasteiger partial charge in [0.25, 0.3) is 0 Å². The lowest BCUT2D eigenvalue weighted by molar-refractivity contribution is -0.153. The van der Waals surface area contributed by atoms with Crippen LogP contribution in [-0.2, 0) is 19.1 Å². The lowest BCUT2D eigenvalue weighted by atomic mass is 9.93. The molecule has 2 atom stereocenters. The van der Waals surface area contributed by atoms with E-state index >= 15 is 0 Å². The van der Waals surface area contributed by atoms with Crippen LogP contribution >= 0.6 is 0 Å². The minimum absolute atomic E-state index is 0.202. The molecule has 0 aromatic rings. The molecule has 0 aliphatic carbocycles. The molecule has 0 N–H and O–H groups in total. The van der Waals surface area contributed by atoms with E-state index in [2.05, 4.69) is 0 Å². The highest BCUT2D eigenvalue weighted by Gasteiger charge is 2.48. The summed E-state index contributed by atoms with van der Waals surface area (Å²) in [7, 11) is 0. The maximum atomic E-state index is 12.2. The second kappa shape index (κ2) is 6.24. The van der Waals surface area contributed by atoms with Gasteiger partial charge in [-0.05, 0) is 33.6 Å².